The van der Waals surface area contributed by atoms with Gasteiger partial charge in [-0.1, -0.05) is 42.8 Å². The minimum Gasteiger partial charge on any atom is -0.493 e. The van der Waals surface area contributed by atoms with E-state index in [0.29, 0.717) is 42.5 Å². The largest absolute Gasteiger partial charge is 0.493 e. The second-order valence-corrected chi connectivity index (χ2v) is 14.0. The number of benzene rings is 2. The van der Waals surface area contributed by atoms with E-state index in [1.807, 2.05) is 78.3 Å². The molecule has 1 aliphatic heterocycles. The van der Waals surface area contributed by atoms with Crippen molar-refractivity contribution in [3.8, 4) is 5.75 Å². The minimum absolute atomic E-state index is 0.308. The number of nitrogens with zero attached hydrogens (tertiary/aromatic N) is 5. The van der Waals surface area contributed by atoms with Gasteiger partial charge in [-0.15, -0.1) is 23.5 Å². The van der Waals surface area contributed by atoms with Gasteiger partial charge in [0.05, 0.1) is 18.0 Å². The lowest BCUT2D eigenvalue weighted by Gasteiger charge is -2.14. The first-order chi connectivity index (χ1) is 22.7. The van der Waals surface area contributed by atoms with Crippen molar-refractivity contribution in [3.05, 3.63) is 105 Å². The maximum absolute atomic E-state index is 12.4. The van der Waals surface area contributed by atoms with Crippen molar-refractivity contribution >= 4 is 64.0 Å². The van der Waals surface area contributed by atoms with Crippen LogP contribution in [0.2, 0.25) is 0 Å². The van der Waals surface area contributed by atoms with Crippen LogP contribution in [0.3, 0.4) is 0 Å². The number of hydrogen-bond acceptors (Lipinski definition) is 6. The van der Waals surface area contributed by atoms with Crippen molar-refractivity contribution in [3.63, 3.8) is 0 Å². The molecule has 2 aromatic carbocycles. The number of aryl methyl sites for hydroxylation is 3. The number of carboxylic acids is 1. The van der Waals surface area contributed by atoms with Crippen molar-refractivity contribution in [2.75, 3.05) is 6.61 Å². The Morgan fingerprint density at radius 2 is 1.87 bits per heavy atom. The zero-order chi connectivity index (χ0) is 33.1. The van der Waals surface area contributed by atoms with Gasteiger partial charge in [-0.2, -0.15) is 10.2 Å². The number of thioether (sulfide) groups is 2. The Hall–Kier alpha value is -3.86. The molecule has 0 amide bonds. The second kappa shape index (κ2) is 14.5. The number of carbonyl (C=O) groups is 1. The molecule has 0 saturated heterocycles. The molecule has 1 aliphatic rings. The molecule has 0 saturated carbocycles. The molecule has 3 aromatic heterocycles. The number of allylic oxidation sites excluding steroid dienone is 2. The van der Waals surface area contributed by atoms with Gasteiger partial charge in [0.2, 0.25) is 0 Å². The molecular formula is C36H38ClN5O3S2. The van der Waals surface area contributed by atoms with Crippen molar-refractivity contribution < 1.29 is 14.6 Å². The molecule has 47 heavy (non-hydrogen) atoms. The summed E-state index contributed by atoms with van der Waals surface area (Å²) in [6, 6.07) is 16.7. The van der Waals surface area contributed by atoms with Gasteiger partial charge in [0, 0.05) is 75.9 Å². The maximum atomic E-state index is 12.4. The summed E-state index contributed by atoms with van der Waals surface area (Å²) in [6.07, 6.45) is 6.91. The van der Waals surface area contributed by atoms with Gasteiger partial charge in [-0.3, -0.25) is 9.36 Å². The highest BCUT2D eigenvalue weighted by Crippen LogP contribution is 2.34. The predicted octanol–water partition coefficient (Wildman–Crippen LogP) is 8.48. The molecule has 11 heteroatoms. The average Bonchev–Trinajstić information content (AvgIpc) is 3.68. The fraction of sp³-hybridized carbons (Fsp3) is 0.306. The highest BCUT2D eigenvalue weighted by atomic mass is 35.5. The van der Waals surface area contributed by atoms with Crippen LogP contribution in [0, 0.1) is 6.92 Å². The van der Waals surface area contributed by atoms with E-state index in [1.165, 1.54) is 0 Å². The lowest BCUT2D eigenvalue weighted by molar-refractivity contribution is 0.0683. The Morgan fingerprint density at radius 1 is 1.04 bits per heavy atom. The lowest BCUT2D eigenvalue weighted by Crippen LogP contribution is -2.13. The van der Waals surface area contributed by atoms with E-state index >= 15 is 0 Å². The SMILES string of the molecule is CCc1cc2n(c1C(=O)O)CCCOc1cc(cc3ccccc13)SCc1cc(nn1C)CSCc1nn(C)c(C)c1/C=C(Cl)/C=C\2. The van der Waals surface area contributed by atoms with Gasteiger partial charge in [-0.05, 0) is 73.2 Å². The quantitative estimate of drug-likeness (QED) is 0.199. The molecule has 6 rings (SSSR count). The number of aromatic carboxylic acids is 1. The topological polar surface area (TPSA) is 87.1 Å². The van der Waals surface area contributed by atoms with E-state index in [2.05, 4.69) is 30.3 Å². The van der Waals surface area contributed by atoms with Gasteiger partial charge in [0.25, 0.3) is 0 Å². The number of rotatable bonds is 2. The van der Waals surface area contributed by atoms with Crippen LogP contribution in [0.25, 0.3) is 22.9 Å². The lowest BCUT2D eigenvalue weighted by atomic mass is 10.1. The zero-order valence-electron chi connectivity index (χ0n) is 27.0. The molecular weight excluding hydrogens is 650 g/mol. The molecule has 4 bridgehead atoms. The Balaban J connectivity index is 1.37. The highest BCUT2D eigenvalue weighted by molar-refractivity contribution is 7.98. The second-order valence-electron chi connectivity index (χ2n) is 11.6. The van der Waals surface area contributed by atoms with E-state index in [9.17, 15) is 9.90 Å². The monoisotopic (exact) mass is 687 g/mol. The molecule has 4 heterocycles. The summed E-state index contributed by atoms with van der Waals surface area (Å²) in [6.45, 7) is 4.93. The summed E-state index contributed by atoms with van der Waals surface area (Å²) in [4.78, 5) is 13.5. The summed E-state index contributed by atoms with van der Waals surface area (Å²) >= 11 is 10.3. The molecule has 0 unspecified atom stereocenters. The van der Waals surface area contributed by atoms with Crippen LogP contribution in [-0.2, 0) is 44.3 Å². The van der Waals surface area contributed by atoms with E-state index in [4.69, 9.17) is 26.5 Å². The van der Waals surface area contributed by atoms with Crippen LogP contribution in [0.15, 0.2) is 64.5 Å². The summed E-state index contributed by atoms with van der Waals surface area (Å²) in [5.41, 5.74) is 7.06. The predicted molar refractivity (Wildman–Crippen MR) is 193 cm³/mol. The Morgan fingerprint density at radius 3 is 2.68 bits per heavy atom. The third kappa shape index (κ3) is 7.35. The fourth-order valence-corrected chi connectivity index (χ4v) is 7.93. The van der Waals surface area contributed by atoms with Gasteiger partial charge in [0.15, 0.2) is 0 Å². The van der Waals surface area contributed by atoms with Crippen LogP contribution in [0.4, 0.5) is 0 Å². The van der Waals surface area contributed by atoms with Gasteiger partial charge in [-0.25, -0.2) is 4.79 Å². The van der Waals surface area contributed by atoms with Gasteiger partial charge >= 0.3 is 5.97 Å². The standard InChI is InChI=1S/C36H38ClN5O3S2/c1-5-24-15-28-12-11-26(37)17-32-23(2)40(3)39-33(32)22-46-20-27-18-29(41(4)38-27)21-47-30-16-25-9-6-7-10-31(25)34(19-30)45-14-8-13-42(28)35(24)36(43)44/h6-7,9-12,15-19H,5,8,13-14,20-22H2,1-4H3,(H,43,44)/b12-11-,26-17-. The molecule has 5 aromatic rings. The summed E-state index contributed by atoms with van der Waals surface area (Å²) in [5, 5.41) is 22.4. The number of ether oxygens (including phenoxy) is 1. The van der Waals surface area contributed by atoms with Gasteiger partial charge < -0.3 is 14.4 Å². The van der Waals surface area contributed by atoms with E-state index in [0.717, 1.165) is 72.5 Å². The molecule has 0 fully saturated rings. The van der Waals surface area contributed by atoms with Crippen molar-refractivity contribution in [2.24, 2.45) is 14.1 Å². The fourth-order valence-electron chi connectivity index (χ4n) is 5.91. The van der Waals surface area contributed by atoms with E-state index < -0.39 is 5.97 Å². The van der Waals surface area contributed by atoms with Gasteiger partial charge in [0.1, 0.15) is 11.4 Å². The Bertz CT molecular complexity index is 2000. The Kier molecular flexibility index (Phi) is 10.2. The molecule has 0 aliphatic carbocycles. The van der Waals surface area contributed by atoms with Crippen LogP contribution in [0.5, 0.6) is 5.75 Å². The number of carboxylic acid groups (broad SMARTS) is 1. The van der Waals surface area contributed by atoms with Crippen molar-refractivity contribution in [1.82, 2.24) is 24.1 Å². The molecule has 8 nitrogen and oxygen atoms in total. The van der Waals surface area contributed by atoms with Crippen LogP contribution >= 0.6 is 35.1 Å². The first kappa shape index (κ1) is 33.1. The summed E-state index contributed by atoms with van der Waals surface area (Å²) in [5.74, 6) is 2.14. The molecule has 1 N–H and O–H groups in total. The normalized spacial score (nSPS) is 16.5. The van der Waals surface area contributed by atoms with Crippen molar-refractivity contribution in [1.29, 1.82) is 0 Å². The molecule has 0 radical (unpaired) electrons. The molecule has 0 atom stereocenters. The first-order valence-corrected chi connectivity index (χ1v) is 18.1. The average molecular weight is 688 g/mol. The van der Waals surface area contributed by atoms with Crippen LogP contribution in [0.1, 0.15) is 63.4 Å². The molecule has 0 spiro atoms. The smallest absolute Gasteiger partial charge is 0.352 e. The van der Waals surface area contributed by atoms with Crippen molar-refractivity contribution in [2.45, 2.75) is 55.4 Å². The van der Waals surface area contributed by atoms with Crippen LogP contribution < -0.4 is 4.74 Å². The van der Waals surface area contributed by atoms with E-state index in [-0.39, 0.29) is 0 Å². The Labute approximate surface area is 288 Å². The zero-order valence-corrected chi connectivity index (χ0v) is 29.4. The molecule has 244 valence electrons. The maximum Gasteiger partial charge on any atom is 0.352 e. The number of fused-ring (bicyclic) bond motifs is 8. The summed E-state index contributed by atoms with van der Waals surface area (Å²) < 4.78 is 12.1. The number of halogens is 1. The number of hydrogen-bond donors (Lipinski definition) is 1. The first-order valence-electron chi connectivity index (χ1n) is 15.6. The van der Waals surface area contributed by atoms with Crippen LogP contribution in [-0.4, -0.2) is 41.8 Å². The third-order valence-corrected chi connectivity index (χ3v) is 10.6. The van der Waals surface area contributed by atoms with E-state index in [1.54, 1.807) is 23.5 Å². The highest BCUT2D eigenvalue weighted by Gasteiger charge is 2.19. The minimum atomic E-state index is -0.939. The number of aromatic nitrogens is 5. The third-order valence-electron chi connectivity index (χ3n) is 8.43. The summed E-state index contributed by atoms with van der Waals surface area (Å²) in [7, 11) is 3.94.